The maximum absolute atomic E-state index is 8.59. The zero-order chi connectivity index (χ0) is 8.08. The fraction of sp³-hybridized carbons (Fsp3) is 0. The van der Waals surface area contributed by atoms with Gasteiger partial charge in [0.15, 0.2) is 0 Å². The molecule has 10 heavy (non-hydrogen) atoms. The van der Waals surface area contributed by atoms with Crippen molar-refractivity contribution in [1.29, 1.82) is 0 Å². The predicted molar refractivity (Wildman–Crippen MR) is 13.6 cm³/mol. The average Bonchev–Trinajstić information content (AvgIpc) is 1.19. The number of hydrogen-bond donors (Lipinski definition) is 0. The Balaban J connectivity index is -0.0000000910. The molecule has 0 unspecified atom stereocenters. The third kappa shape index (κ3) is 1420. The summed E-state index contributed by atoms with van der Waals surface area (Å²) in [5.74, 6) is 0. The molecule has 0 fully saturated rings. The van der Waals surface area contributed by atoms with E-state index in [-0.39, 0.29) is 27.3 Å². The van der Waals surface area contributed by atoms with Crippen LogP contribution in [-0.4, -0.2) is 36.5 Å². The smallest absolute Gasteiger partial charge is 0 e. The Kier molecular flexibility index (Phi) is 13.0. The minimum absolute atomic E-state index is 0. The summed E-state index contributed by atoms with van der Waals surface area (Å²) in [4.78, 5) is 17.0. The van der Waals surface area contributed by atoms with Gasteiger partial charge in [-0.25, -0.2) is 0 Å². The Hall–Kier alpha value is 0.591. The normalized spacial score (nSPS) is 8.20. The Bertz CT molecular complexity index is 156. The molecule has 0 aromatic heterocycles. The van der Waals surface area contributed by atoms with E-state index in [0.717, 1.165) is 0 Å². The van der Waals surface area contributed by atoms with Gasteiger partial charge in [-0.3, -0.25) is 0 Å². The van der Waals surface area contributed by atoms with Crippen LogP contribution < -0.4 is 17.9 Å². The van der Waals surface area contributed by atoms with Crippen LogP contribution in [0, 0.1) is 0 Å². The van der Waals surface area contributed by atoms with Crippen molar-refractivity contribution in [2.24, 2.45) is 0 Å². The molecule has 0 rings (SSSR count). The van der Waals surface area contributed by atoms with Crippen molar-refractivity contribution in [3.05, 3.63) is 0 Å². The first-order valence-corrected chi connectivity index (χ1v) is 4.59. The third-order valence-corrected chi connectivity index (χ3v) is 0. The fourth-order valence-corrected chi connectivity index (χ4v) is 0. The summed E-state index contributed by atoms with van der Waals surface area (Å²) >= 11 is -5.75. The molecule has 0 saturated heterocycles. The minimum Gasteiger partial charge on any atom is 0 e. The van der Waals surface area contributed by atoms with Crippen LogP contribution in [-0.2, 0) is 25.7 Å². The average molecular weight is 399 g/mol. The first-order chi connectivity index (χ1) is 3.73. The Morgan fingerprint density at radius 3 is 1.10 bits per heavy atom. The summed E-state index contributed by atoms with van der Waals surface area (Å²) in [6, 6.07) is 0. The van der Waals surface area contributed by atoms with Crippen molar-refractivity contribution in [3.63, 3.8) is 0 Å². The van der Waals surface area contributed by atoms with Gasteiger partial charge in [0.1, 0.15) is 0 Å². The van der Waals surface area contributed by atoms with Crippen LogP contribution >= 0.6 is 0 Å². The summed E-state index contributed by atoms with van der Waals surface area (Å²) in [7, 11) is -3.63. The second kappa shape index (κ2) is 7.70. The van der Waals surface area contributed by atoms with Crippen molar-refractivity contribution in [2.45, 2.75) is 0 Å². The van der Waals surface area contributed by atoms with E-state index >= 15 is 0 Å². The molecule has 0 amide bonds. The Morgan fingerprint density at radius 1 is 1.10 bits per heavy atom. The zero-order valence-corrected chi connectivity index (χ0v) is 10.4. The first kappa shape index (κ1) is 16.9. The van der Waals surface area contributed by atoms with Gasteiger partial charge in [0.05, 0.1) is 0 Å². The largest absolute Gasteiger partial charge is 0 e. The molecule has 0 aliphatic rings. The number of hydrogen-bond acceptors (Lipinski definition) is 7. The quantitative estimate of drug-likeness (QED) is 0.369. The Morgan fingerprint density at radius 2 is 1.10 bits per heavy atom. The Labute approximate surface area is 79.8 Å². The molecule has 0 atom stereocenters. The first-order valence-electron chi connectivity index (χ1n) is 1.28. The van der Waals surface area contributed by atoms with E-state index in [1.165, 1.54) is 0 Å². The molecule has 4 radical (unpaired) electrons. The van der Waals surface area contributed by atoms with E-state index in [9.17, 15) is 0 Å². The molecule has 0 N–H and O–H groups in total. The molecule has 0 spiro atoms. The van der Waals surface area contributed by atoms with Crippen LogP contribution in [0.4, 0.5) is 0 Å². The third-order valence-electron chi connectivity index (χ3n) is 0. The minimum atomic E-state index is -5.75. The molecule has 60 valence electrons. The number of rotatable bonds is 0. The maximum Gasteiger partial charge on any atom is 0 e. The summed E-state index contributed by atoms with van der Waals surface area (Å²) in [6.07, 6.45) is 0. The van der Waals surface area contributed by atoms with E-state index in [1.807, 2.05) is 0 Å². The van der Waals surface area contributed by atoms with Crippen LogP contribution in [0.1, 0.15) is 0 Å². The van der Waals surface area contributed by atoms with Gasteiger partial charge >= 0.3 is 29.5 Å². The molecule has 0 aromatic carbocycles. The fourth-order valence-electron chi connectivity index (χ4n) is 0. The van der Waals surface area contributed by atoms with Gasteiger partial charge in [0, 0.05) is 36.5 Å². The van der Waals surface area contributed by atoms with Gasteiger partial charge in [-0.1, -0.05) is 0 Å². The summed E-state index contributed by atoms with van der Waals surface area (Å²) in [5.41, 5.74) is 0. The molecule has 10 heteroatoms. The van der Waals surface area contributed by atoms with E-state index < -0.39 is 22.8 Å². The molecular weight excluding hydrogens is 399 g/mol. The summed E-state index contributed by atoms with van der Waals surface area (Å²) in [6.45, 7) is 0. The van der Waals surface area contributed by atoms with Gasteiger partial charge in [-0.2, -0.15) is 0 Å². The second-order valence-corrected chi connectivity index (χ2v) is 2.43. The molecule has 0 aliphatic heterocycles. The van der Waals surface area contributed by atoms with Crippen LogP contribution in [0.15, 0.2) is 0 Å². The van der Waals surface area contributed by atoms with Crippen LogP contribution in [0.2, 0.25) is 0 Å². The molecule has 0 aromatic rings. The van der Waals surface area contributed by atoms with E-state index in [0.29, 0.717) is 0 Å². The van der Waals surface area contributed by atoms with Crippen molar-refractivity contribution in [2.75, 3.05) is 0 Å². The summed E-state index contributed by atoms with van der Waals surface area (Å²) < 4.78 is 42.9. The van der Waals surface area contributed by atoms with Crippen LogP contribution in [0.3, 0.4) is 0 Å². The monoisotopic (exact) mass is 400 g/mol. The molecular formula is CrO7PbSi-4. The maximum atomic E-state index is 8.59. The zero-order valence-electron chi connectivity index (χ0n) is 4.27. The van der Waals surface area contributed by atoms with Crippen LogP contribution in [0.25, 0.3) is 0 Å². The van der Waals surface area contributed by atoms with E-state index in [4.69, 9.17) is 30.0 Å². The van der Waals surface area contributed by atoms with Crippen molar-refractivity contribution in [3.8, 4) is 0 Å². The molecule has 7 nitrogen and oxygen atoms in total. The second-order valence-electron chi connectivity index (χ2n) is 0.658. The molecule has 0 bridgehead atoms. The van der Waals surface area contributed by atoms with Crippen molar-refractivity contribution in [1.82, 2.24) is 0 Å². The van der Waals surface area contributed by atoms with Gasteiger partial charge in [0.25, 0.3) is 0 Å². The van der Waals surface area contributed by atoms with Crippen molar-refractivity contribution < 1.29 is 43.6 Å². The van der Waals surface area contributed by atoms with Gasteiger partial charge < -0.3 is 14.1 Å². The van der Waals surface area contributed by atoms with Gasteiger partial charge in [0.2, 0.25) is 0 Å². The standard InChI is InChI=1S/Cr.O3Si.4O.Pb/c;1-4(2)3;;;;;/q;-2;;;2*-1;. The SMILES string of the molecule is O=[Si]([O-])[O-].[O]=[Cr](=[O])([O-])[O-].[Pb]. The predicted octanol–water partition coefficient (Wildman–Crippen LogP) is -5.88. The summed E-state index contributed by atoms with van der Waals surface area (Å²) in [5, 5.41) is 0. The van der Waals surface area contributed by atoms with Crippen LogP contribution in [0.5, 0.6) is 0 Å². The topological polar surface area (TPSA) is 143 Å². The van der Waals surface area contributed by atoms with E-state index in [1.54, 1.807) is 0 Å². The van der Waals surface area contributed by atoms with E-state index in [2.05, 4.69) is 0 Å². The molecule has 0 aliphatic carbocycles. The molecule has 0 heterocycles. The van der Waals surface area contributed by atoms with Gasteiger partial charge in [-0.05, 0) is 0 Å². The van der Waals surface area contributed by atoms with Gasteiger partial charge in [-0.15, -0.1) is 0 Å². The molecule has 0 saturated carbocycles. The van der Waals surface area contributed by atoms with Crippen molar-refractivity contribution >= 4 is 36.5 Å².